The van der Waals surface area contributed by atoms with E-state index in [4.69, 9.17) is 18.3 Å². The average Bonchev–Trinajstić information content (AvgIpc) is 3.81. The number of unbranched alkanes of at least 4 members (excludes halogenated alkanes) is 1. The van der Waals surface area contributed by atoms with Crippen molar-refractivity contribution >= 4 is 73.8 Å². The van der Waals surface area contributed by atoms with Gasteiger partial charge in [0.05, 0.1) is 37.8 Å². The van der Waals surface area contributed by atoms with Crippen LogP contribution in [0.4, 0.5) is 0 Å². The van der Waals surface area contributed by atoms with Crippen molar-refractivity contribution in [1.29, 1.82) is 0 Å². The predicted octanol–water partition coefficient (Wildman–Crippen LogP) is -0.805. The van der Waals surface area contributed by atoms with Gasteiger partial charge in [0.1, 0.15) is 36.3 Å². The smallest absolute Gasteiger partial charge is 0.245 e. The molecule has 1 aliphatic rings. The van der Waals surface area contributed by atoms with Crippen LogP contribution >= 0.6 is 21.6 Å². The molecule has 1 aliphatic heterocycles. The van der Waals surface area contributed by atoms with Gasteiger partial charge in [-0.05, 0) is 68.8 Å². The van der Waals surface area contributed by atoms with E-state index < -0.39 is 145 Å². The lowest BCUT2D eigenvalue weighted by Crippen LogP contribution is -2.62. The van der Waals surface area contributed by atoms with Crippen LogP contribution in [0.2, 0.25) is 0 Å². The van der Waals surface area contributed by atoms with E-state index in [0.717, 1.165) is 21.6 Å². The van der Waals surface area contributed by atoms with Crippen LogP contribution in [0, 0.1) is 0 Å². The fourth-order valence-corrected chi connectivity index (χ4v) is 9.79. The van der Waals surface area contributed by atoms with Gasteiger partial charge in [0.15, 0.2) is 0 Å². The molecule has 10 atom stereocenters. The molecule has 71 heavy (non-hydrogen) atoms. The Hall–Kier alpha value is -6.01. The van der Waals surface area contributed by atoms with Gasteiger partial charge in [-0.2, -0.15) is 0 Å². The summed E-state index contributed by atoms with van der Waals surface area (Å²) < 4.78 is 42.3. The van der Waals surface area contributed by atoms with Crippen molar-refractivity contribution in [3.8, 4) is 0 Å². The molecule has 1 aromatic heterocycles. The summed E-state index contributed by atoms with van der Waals surface area (Å²) in [6.07, 6.45) is -1.56. The monoisotopic (exact) mass is 1020 g/mol. The quantitative estimate of drug-likeness (QED) is 0.0455. The van der Waals surface area contributed by atoms with Gasteiger partial charge in [-0.15, -0.1) is 0 Å². The molecule has 0 spiro atoms. The number of aromatic nitrogens is 1. The van der Waals surface area contributed by atoms with E-state index in [0.29, 0.717) is 28.5 Å². The van der Waals surface area contributed by atoms with Crippen LogP contribution in [-0.2, 0) is 52.8 Å². The standard InChI is InChI=1S/C49H66N10O10S2/c1-28(61)39(25-60)56-48(68)41-27-71-70-26-40(57-43(63)34(51)21-30-13-5-3-6-14-30)47(67)54-37(22-31-15-7-4-8-16-31)45(65)55-38(23-32-24-52-35-18-10-9-17-33(32)35)46(66)53-36(19-11-12-20-50)44(64)59-42(29(2)62)49(69)58-41/h3-10,13-18,24,28-29,34,36-42,52,60-62H,11-12,19-23,25-27,50-51H2,1-2H3,(H,53,66)(H,54,67)(H,55,65)(H,56,68)(H,57,63)(H,58,69)(H,59,64)/t28-,29-,34-,36+,37+,38-,39-,40+,41+,42+/m1/s1/i4D,7D,8D,15D,16D. The van der Waals surface area contributed by atoms with Crippen LogP contribution in [0.5, 0.6) is 0 Å². The Morgan fingerprint density at radius 1 is 0.775 bits per heavy atom. The minimum absolute atomic E-state index is 0.0445. The van der Waals surface area contributed by atoms with E-state index in [1.807, 2.05) is 0 Å². The number of amides is 7. The summed E-state index contributed by atoms with van der Waals surface area (Å²) in [7, 11) is 1.84. The number of rotatable bonds is 17. The van der Waals surface area contributed by atoms with Gasteiger partial charge in [0.2, 0.25) is 41.4 Å². The second kappa shape index (κ2) is 28.1. The molecule has 7 amide bonds. The zero-order chi connectivity index (χ0) is 55.8. The largest absolute Gasteiger partial charge is 0.394 e. The number of para-hydroxylation sites is 1. The van der Waals surface area contributed by atoms with Gasteiger partial charge in [0, 0.05) is 41.4 Å². The third-order valence-electron chi connectivity index (χ3n) is 11.5. The molecule has 0 saturated carbocycles. The molecule has 4 aromatic rings. The molecule has 22 heteroatoms. The first kappa shape index (κ1) is 48.6. The van der Waals surface area contributed by atoms with E-state index in [2.05, 4.69) is 42.2 Å². The molecular formula is C49H66N10O10S2. The normalized spacial score (nSPS) is 23.8. The van der Waals surface area contributed by atoms with Crippen molar-refractivity contribution < 1.29 is 55.7 Å². The molecule has 2 heterocycles. The molecule has 0 radical (unpaired) electrons. The lowest BCUT2D eigenvalue weighted by Gasteiger charge is -2.29. The number of aliphatic hydroxyl groups is 3. The van der Waals surface area contributed by atoms with Crippen molar-refractivity contribution in [2.45, 2.75) is 113 Å². The summed E-state index contributed by atoms with van der Waals surface area (Å²) in [5.74, 6) is -7.33. The molecule has 3 aromatic carbocycles. The van der Waals surface area contributed by atoms with Crippen molar-refractivity contribution in [2.75, 3.05) is 24.7 Å². The third-order valence-corrected chi connectivity index (χ3v) is 14.0. The molecule has 0 unspecified atom stereocenters. The molecule has 0 aliphatic carbocycles. The average molecular weight is 1020 g/mol. The van der Waals surface area contributed by atoms with Gasteiger partial charge in [-0.1, -0.05) is 100 Å². The van der Waals surface area contributed by atoms with E-state index in [1.54, 1.807) is 60.8 Å². The molecule has 20 nitrogen and oxygen atoms in total. The molecule has 1 fully saturated rings. The van der Waals surface area contributed by atoms with Gasteiger partial charge in [0.25, 0.3) is 0 Å². The number of carbonyl (C=O) groups excluding carboxylic acids is 7. The van der Waals surface area contributed by atoms with Gasteiger partial charge < -0.3 is 69.0 Å². The lowest BCUT2D eigenvalue weighted by atomic mass is 10.0. The summed E-state index contributed by atoms with van der Waals surface area (Å²) in [6.45, 7) is 2.03. The highest BCUT2D eigenvalue weighted by molar-refractivity contribution is 8.76. The van der Waals surface area contributed by atoms with Crippen LogP contribution in [0.25, 0.3) is 10.9 Å². The number of aromatic amines is 1. The zero-order valence-electron chi connectivity index (χ0n) is 44.3. The van der Waals surface area contributed by atoms with Crippen molar-refractivity contribution in [3.63, 3.8) is 0 Å². The Balaban J connectivity index is 1.64. The number of aliphatic hydroxyl groups excluding tert-OH is 3. The minimum atomic E-state index is -1.82. The number of carbonyl (C=O) groups is 7. The maximum Gasteiger partial charge on any atom is 0.245 e. The van der Waals surface area contributed by atoms with E-state index >= 15 is 0 Å². The summed E-state index contributed by atoms with van der Waals surface area (Å²) in [6, 6.07) is 0.291. The van der Waals surface area contributed by atoms with E-state index in [1.165, 1.54) is 13.8 Å². The number of nitrogens with one attached hydrogen (secondary N) is 8. The van der Waals surface area contributed by atoms with Crippen molar-refractivity contribution in [3.05, 3.63) is 108 Å². The van der Waals surface area contributed by atoms with Gasteiger partial charge in [-0.25, -0.2) is 0 Å². The first-order valence-corrected chi connectivity index (χ1v) is 25.6. The number of hydrogen-bond acceptors (Lipinski definition) is 14. The van der Waals surface area contributed by atoms with Crippen LogP contribution in [0.15, 0.2) is 91.0 Å². The Bertz CT molecular complexity index is 2660. The molecule has 0 bridgehead atoms. The molecule has 15 N–H and O–H groups in total. The minimum Gasteiger partial charge on any atom is -0.394 e. The van der Waals surface area contributed by atoms with Gasteiger partial charge in [-0.3, -0.25) is 33.6 Å². The number of nitrogens with two attached hydrogens (primary N) is 2. The van der Waals surface area contributed by atoms with E-state index in [9.17, 15) is 48.9 Å². The predicted molar refractivity (Wildman–Crippen MR) is 272 cm³/mol. The fraction of sp³-hybridized carbons (Fsp3) is 0.449. The topological polar surface area (TPSA) is 332 Å². The van der Waals surface area contributed by atoms with Gasteiger partial charge >= 0.3 is 0 Å². The Labute approximate surface area is 427 Å². The summed E-state index contributed by atoms with van der Waals surface area (Å²) in [5.41, 5.74) is 13.6. The lowest BCUT2D eigenvalue weighted by molar-refractivity contribution is -0.136. The first-order valence-electron chi connectivity index (χ1n) is 25.6. The maximum atomic E-state index is 14.9. The van der Waals surface area contributed by atoms with Crippen molar-refractivity contribution in [1.82, 2.24) is 42.2 Å². The first-order chi connectivity index (χ1) is 36.1. The zero-order valence-corrected chi connectivity index (χ0v) is 40.9. The highest BCUT2D eigenvalue weighted by Crippen LogP contribution is 2.24. The third kappa shape index (κ3) is 17.1. The number of benzene rings is 3. The summed E-state index contributed by atoms with van der Waals surface area (Å²) in [5, 5.41) is 49.7. The van der Waals surface area contributed by atoms with Crippen LogP contribution < -0.4 is 48.7 Å². The fourth-order valence-electron chi connectivity index (χ4n) is 7.46. The Morgan fingerprint density at radius 2 is 1.41 bits per heavy atom. The second-order valence-corrected chi connectivity index (χ2v) is 19.6. The van der Waals surface area contributed by atoms with Crippen LogP contribution in [-0.4, -0.2) is 147 Å². The Kier molecular flexibility index (Phi) is 19.3. The van der Waals surface area contributed by atoms with Crippen LogP contribution in [0.3, 0.4) is 0 Å². The SMILES string of the molecule is [2H]c1c([2H])c([2H])c(C[C@@H]2NC(=O)[C@@H](NC(=O)[C@H](N)Cc3ccccc3)CSSC[C@@H](C(=O)N[C@H](CO)[C@@H](C)O)NC(=O)[C@H]([C@@H](C)O)NC(=O)[C@H](CCCCN)NC(=O)[C@@H](Cc3c[nH]c4ccccc34)NC2=O)c([2H])c1[2H]. The number of hydrogen-bond donors (Lipinski definition) is 13. The second-order valence-electron chi connectivity index (χ2n) is 17.1. The molecule has 384 valence electrons. The molecule has 1 saturated heterocycles. The highest BCUT2D eigenvalue weighted by atomic mass is 33.1. The Morgan fingerprint density at radius 3 is 2.08 bits per heavy atom. The summed E-state index contributed by atoms with van der Waals surface area (Å²) >= 11 is 0. The summed E-state index contributed by atoms with van der Waals surface area (Å²) in [4.78, 5) is 103. The van der Waals surface area contributed by atoms with E-state index in [-0.39, 0.29) is 49.3 Å². The van der Waals surface area contributed by atoms with Crippen molar-refractivity contribution in [2.24, 2.45) is 11.5 Å². The molecule has 5 rings (SSSR count). The molecular weight excluding hydrogens is 953 g/mol. The van der Waals surface area contributed by atoms with Crippen LogP contribution in [0.1, 0.15) is 56.7 Å². The number of fused-ring (bicyclic) bond motifs is 1. The maximum absolute atomic E-state index is 14.9. The number of H-pyrrole nitrogens is 1. The highest BCUT2D eigenvalue weighted by Gasteiger charge is 2.36.